The zero-order chi connectivity index (χ0) is 18.0. The number of hydrogen-bond acceptors (Lipinski definition) is 2. The van der Waals surface area contributed by atoms with Crippen LogP contribution in [-0.4, -0.2) is 6.61 Å². The van der Waals surface area contributed by atoms with E-state index in [9.17, 15) is 0 Å². The molecule has 0 atom stereocenters. The molecule has 0 aliphatic heterocycles. The second-order valence-electron chi connectivity index (χ2n) is 6.17. The summed E-state index contributed by atoms with van der Waals surface area (Å²) >= 11 is 12.5. The molecule has 0 aliphatic carbocycles. The van der Waals surface area contributed by atoms with E-state index in [0.29, 0.717) is 34.1 Å². The quantitative estimate of drug-likeness (QED) is 0.461. The van der Waals surface area contributed by atoms with Crippen molar-refractivity contribution in [1.29, 1.82) is 0 Å². The van der Waals surface area contributed by atoms with Crippen LogP contribution in [-0.2, 0) is 0 Å². The molecule has 0 N–H and O–H groups in total. The van der Waals surface area contributed by atoms with Crippen molar-refractivity contribution in [3.8, 4) is 17.2 Å². The molecule has 4 heteroatoms. The minimum absolute atomic E-state index is 0.437. The van der Waals surface area contributed by atoms with Gasteiger partial charge in [0.2, 0.25) is 0 Å². The van der Waals surface area contributed by atoms with Crippen LogP contribution in [0.4, 0.5) is 0 Å². The summed E-state index contributed by atoms with van der Waals surface area (Å²) in [6, 6.07) is 15.9. The van der Waals surface area contributed by atoms with Crippen molar-refractivity contribution in [3.05, 3.63) is 64.1 Å². The van der Waals surface area contributed by atoms with E-state index in [1.807, 2.05) is 19.1 Å². The van der Waals surface area contributed by atoms with E-state index >= 15 is 0 Å². The van der Waals surface area contributed by atoms with Crippen molar-refractivity contribution < 1.29 is 9.47 Å². The molecule has 0 heterocycles. The fraction of sp³-hybridized carbons (Fsp3) is 0.238. The largest absolute Gasteiger partial charge is 0.491 e. The molecule has 3 aromatic rings. The Balaban J connectivity index is 1.89. The van der Waals surface area contributed by atoms with Gasteiger partial charge in [-0.1, -0.05) is 61.3 Å². The molecule has 0 aromatic heterocycles. The molecule has 25 heavy (non-hydrogen) atoms. The summed E-state index contributed by atoms with van der Waals surface area (Å²) in [5, 5.41) is 3.20. The summed E-state index contributed by atoms with van der Waals surface area (Å²) in [5.74, 6) is 2.31. The molecule has 0 spiro atoms. The predicted molar refractivity (Wildman–Crippen MR) is 106 cm³/mol. The molecule has 130 valence electrons. The first-order valence-corrected chi connectivity index (χ1v) is 9.07. The molecule has 0 saturated heterocycles. The highest BCUT2D eigenvalue weighted by Crippen LogP contribution is 2.38. The molecule has 0 unspecified atom stereocenters. The summed E-state index contributed by atoms with van der Waals surface area (Å²) in [5.41, 5.74) is 1.33. The van der Waals surface area contributed by atoms with E-state index in [-0.39, 0.29) is 0 Å². The van der Waals surface area contributed by atoms with Crippen molar-refractivity contribution >= 4 is 34.0 Å². The minimum atomic E-state index is 0.437. The van der Waals surface area contributed by atoms with Crippen LogP contribution in [0.2, 0.25) is 10.0 Å². The molecule has 0 fully saturated rings. The Morgan fingerprint density at radius 3 is 2.12 bits per heavy atom. The number of halogens is 2. The number of hydrogen-bond donors (Lipinski definition) is 0. The SMILES string of the molecule is CCOc1c(Cl)cc(Oc2ccc3cc(C(C)C)ccc3c2)cc1Cl. The maximum atomic E-state index is 6.23. The monoisotopic (exact) mass is 374 g/mol. The second kappa shape index (κ2) is 7.55. The number of rotatable bonds is 5. The van der Waals surface area contributed by atoms with Crippen LogP contribution in [0.15, 0.2) is 48.5 Å². The summed E-state index contributed by atoms with van der Waals surface area (Å²) < 4.78 is 11.4. The Morgan fingerprint density at radius 2 is 1.48 bits per heavy atom. The van der Waals surface area contributed by atoms with Crippen molar-refractivity contribution in [1.82, 2.24) is 0 Å². The van der Waals surface area contributed by atoms with Gasteiger partial charge < -0.3 is 9.47 Å². The van der Waals surface area contributed by atoms with Crippen LogP contribution in [0.5, 0.6) is 17.2 Å². The fourth-order valence-corrected chi connectivity index (χ4v) is 3.25. The van der Waals surface area contributed by atoms with E-state index in [4.69, 9.17) is 32.7 Å². The minimum Gasteiger partial charge on any atom is -0.491 e. The number of ether oxygens (including phenoxy) is 2. The zero-order valence-corrected chi connectivity index (χ0v) is 16.0. The van der Waals surface area contributed by atoms with E-state index < -0.39 is 0 Å². The third-order valence-corrected chi connectivity index (χ3v) is 4.56. The van der Waals surface area contributed by atoms with Gasteiger partial charge in [-0.2, -0.15) is 0 Å². The van der Waals surface area contributed by atoms with Gasteiger partial charge in [-0.3, -0.25) is 0 Å². The molecule has 3 rings (SSSR count). The Morgan fingerprint density at radius 1 is 0.840 bits per heavy atom. The van der Waals surface area contributed by atoms with E-state index in [1.165, 1.54) is 10.9 Å². The van der Waals surface area contributed by atoms with Gasteiger partial charge in [0.15, 0.2) is 5.75 Å². The van der Waals surface area contributed by atoms with Crippen LogP contribution < -0.4 is 9.47 Å². The van der Waals surface area contributed by atoms with Crippen molar-refractivity contribution in [2.45, 2.75) is 26.7 Å². The van der Waals surface area contributed by atoms with Gasteiger partial charge in [-0.05, 0) is 41.3 Å². The topological polar surface area (TPSA) is 18.5 Å². The Hall–Kier alpha value is -1.90. The third kappa shape index (κ3) is 4.02. The maximum absolute atomic E-state index is 6.23. The third-order valence-electron chi connectivity index (χ3n) is 4.00. The predicted octanol–water partition coefficient (Wildman–Crippen LogP) is 7.46. The highest BCUT2D eigenvalue weighted by atomic mass is 35.5. The first kappa shape index (κ1) is 17.9. The van der Waals surface area contributed by atoms with Crippen molar-refractivity contribution in [2.75, 3.05) is 6.61 Å². The maximum Gasteiger partial charge on any atom is 0.156 e. The van der Waals surface area contributed by atoms with Gasteiger partial charge in [-0.15, -0.1) is 0 Å². The Labute approximate surface area is 158 Å². The highest BCUT2D eigenvalue weighted by molar-refractivity contribution is 6.37. The molecular formula is C21H20Cl2O2. The van der Waals surface area contributed by atoms with E-state index in [0.717, 1.165) is 11.1 Å². The number of fused-ring (bicyclic) bond motifs is 1. The zero-order valence-electron chi connectivity index (χ0n) is 14.5. The van der Waals surface area contributed by atoms with Crippen LogP contribution in [0.3, 0.4) is 0 Å². The van der Waals surface area contributed by atoms with Gasteiger partial charge in [0.25, 0.3) is 0 Å². The Bertz CT molecular complexity index is 881. The highest BCUT2D eigenvalue weighted by Gasteiger charge is 2.11. The van der Waals surface area contributed by atoms with Gasteiger partial charge in [0.05, 0.1) is 16.7 Å². The van der Waals surface area contributed by atoms with Crippen LogP contribution in [0.1, 0.15) is 32.3 Å². The first-order valence-electron chi connectivity index (χ1n) is 8.31. The van der Waals surface area contributed by atoms with Crippen LogP contribution >= 0.6 is 23.2 Å². The summed E-state index contributed by atoms with van der Waals surface area (Å²) in [6.45, 7) is 6.77. The van der Waals surface area contributed by atoms with Gasteiger partial charge in [0, 0.05) is 12.1 Å². The van der Waals surface area contributed by atoms with Crippen molar-refractivity contribution in [3.63, 3.8) is 0 Å². The molecule has 0 radical (unpaired) electrons. The standard InChI is InChI=1S/C21H20Cl2O2/c1-4-24-21-19(22)11-18(12-20(21)23)25-17-8-7-15-9-14(13(2)3)5-6-16(15)10-17/h5-13H,4H2,1-3H3. The van der Waals surface area contributed by atoms with E-state index in [2.05, 4.69) is 38.1 Å². The molecule has 0 bridgehead atoms. The van der Waals surface area contributed by atoms with Gasteiger partial charge >= 0.3 is 0 Å². The summed E-state index contributed by atoms with van der Waals surface area (Å²) in [7, 11) is 0. The number of benzene rings is 3. The lowest BCUT2D eigenvalue weighted by molar-refractivity contribution is 0.340. The summed E-state index contributed by atoms with van der Waals surface area (Å²) in [6.07, 6.45) is 0. The van der Waals surface area contributed by atoms with Crippen LogP contribution in [0.25, 0.3) is 10.8 Å². The smallest absolute Gasteiger partial charge is 0.156 e. The van der Waals surface area contributed by atoms with Gasteiger partial charge in [-0.25, -0.2) is 0 Å². The lowest BCUT2D eigenvalue weighted by atomic mass is 9.99. The fourth-order valence-electron chi connectivity index (χ4n) is 2.68. The van der Waals surface area contributed by atoms with Crippen LogP contribution in [0, 0.1) is 0 Å². The molecular weight excluding hydrogens is 355 g/mol. The Kier molecular flexibility index (Phi) is 5.41. The average molecular weight is 375 g/mol. The lowest BCUT2D eigenvalue weighted by Gasteiger charge is -2.12. The molecule has 0 saturated carbocycles. The van der Waals surface area contributed by atoms with E-state index in [1.54, 1.807) is 12.1 Å². The van der Waals surface area contributed by atoms with Crippen molar-refractivity contribution in [2.24, 2.45) is 0 Å². The normalized spacial score (nSPS) is 11.1. The molecule has 0 amide bonds. The van der Waals surface area contributed by atoms with Gasteiger partial charge in [0.1, 0.15) is 11.5 Å². The lowest BCUT2D eigenvalue weighted by Crippen LogP contribution is -1.94. The molecule has 3 aromatic carbocycles. The molecule has 0 aliphatic rings. The average Bonchev–Trinajstić information content (AvgIpc) is 2.57. The summed E-state index contributed by atoms with van der Waals surface area (Å²) in [4.78, 5) is 0. The first-order chi connectivity index (χ1) is 12.0. The second-order valence-corrected chi connectivity index (χ2v) is 6.99. The molecule has 2 nitrogen and oxygen atoms in total.